The average Bonchev–Trinajstić information content (AvgIpc) is 3.11. The first-order chi connectivity index (χ1) is 11.6. The van der Waals surface area contributed by atoms with E-state index in [1.807, 2.05) is 0 Å². The number of sulfonamides is 1. The zero-order valence-electron chi connectivity index (χ0n) is 13.4. The first-order valence-corrected chi connectivity index (χ1v) is 10.8. The molecule has 6 nitrogen and oxygen atoms in total. The highest BCUT2D eigenvalue weighted by Gasteiger charge is 2.31. The van der Waals surface area contributed by atoms with E-state index in [1.54, 1.807) is 21.8 Å². The summed E-state index contributed by atoms with van der Waals surface area (Å²) in [5.74, 6) is 2.62. The van der Waals surface area contributed by atoms with Crippen molar-refractivity contribution in [2.24, 2.45) is 5.92 Å². The van der Waals surface area contributed by atoms with Gasteiger partial charge in [0.2, 0.25) is 5.89 Å². The molecule has 2 aromatic rings. The molecular formula is C16H21N3O3S2. The Kier molecular flexibility index (Phi) is 4.44. The molecule has 4 rings (SSSR count). The zero-order valence-corrected chi connectivity index (χ0v) is 15.1. The molecule has 0 spiro atoms. The number of aryl methyl sites for hydroxylation is 1. The van der Waals surface area contributed by atoms with Crippen molar-refractivity contribution in [3.8, 4) is 0 Å². The van der Waals surface area contributed by atoms with Gasteiger partial charge in [0, 0.05) is 25.4 Å². The number of aromatic nitrogens is 2. The van der Waals surface area contributed by atoms with Crippen LogP contribution in [0.5, 0.6) is 0 Å². The molecule has 0 aromatic carbocycles. The van der Waals surface area contributed by atoms with E-state index in [4.69, 9.17) is 4.52 Å². The van der Waals surface area contributed by atoms with Crippen molar-refractivity contribution >= 4 is 21.4 Å². The lowest BCUT2D eigenvalue weighted by molar-refractivity contribution is 0.262. The molecule has 1 aliphatic carbocycles. The van der Waals surface area contributed by atoms with Crippen molar-refractivity contribution in [2.45, 2.75) is 48.7 Å². The lowest BCUT2D eigenvalue weighted by Gasteiger charge is -2.30. The summed E-state index contributed by atoms with van der Waals surface area (Å²) >= 11 is 1.28. The molecule has 0 atom stereocenters. The minimum Gasteiger partial charge on any atom is -0.339 e. The molecule has 8 heteroatoms. The van der Waals surface area contributed by atoms with Crippen molar-refractivity contribution in [2.75, 3.05) is 13.1 Å². The molecule has 0 bridgehead atoms. The number of thiophene rings is 1. The standard InChI is InChI=1S/C16H21N3O3S2/c20-24(21,15-2-1-11-23-15)19-9-7-12(8-10-19)3-6-14-17-16(22-18-14)13-4-5-13/h1-2,11-13H,3-10H2. The third-order valence-corrected chi connectivity index (χ3v) is 8.12. The van der Waals surface area contributed by atoms with E-state index in [9.17, 15) is 8.42 Å². The number of hydrogen-bond donors (Lipinski definition) is 0. The summed E-state index contributed by atoms with van der Waals surface area (Å²) in [6.45, 7) is 1.20. The van der Waals surface area contributed by atoms with Gasteiger partial charge in [-0.3, -0.25) is 0 Å². The maximum absolute atomic E-state index is 12.5. The van der Waals surface area contributed by atoms with Gasteiger partial charge in [0.25, 0.3) is 10.0 Å². The molecule has 2 fully saturated rings. The normalized spacial score (nSPS) is 20.5. The SMILES string of the molecule is O=S(=O)(c1cccs1)N1CCC(CCc2noc(C3CC3)n2)CC1. The van der Waals surface area contributed by atoms with Gasteiger partial charge in [0.15, 0.2) is 5.82 Å². The highest BCUT2D eigenvalue weighted by molar-refractivity contribution is 7.91. The number of rotatable bonds is 6. The second kappa shape index (κ2) is 6.57. The fourth-order valence-electron chi connectivity index (χ4n) is 3.17. The van der Waals surface area contributed by atoms with E-state index >= 15 is 0 Å². The van der Waals surface area contributed by atoms with Gasteiger partial charge in [-0.2, -0.15) is 9.29 Å². The van der Waals surface area contributed by atoms with E-state index in [-0.39, 0.29) is 0 Å². The second-order valence-electron chi connectivity index (χ2n) is 6.64. The Balaban J connectivity index is 1.28. The first-order valence-electron chi connectivity index (χ1n) is 8.49. The zero-order chi connectivity index (χ0) is 16.6. The lowest BCUT2D eigenvalue weighted by atomic mass is 9.93. The molecule has 1 saturated carbocycles. The van der Waals surface area contributed by atoms with Crippen LogP contribution in [0, 0.1) is 5.92 Å². The van der Waals surface area contributed by atoms with Crippen molar-refractivity contribution < 1.29 is 12.9 Å². The molecule has 3 heterocycles. The summed E-state index contributed by atoms with van der Waals surface area (Å²) in [5.41, 5.74) is 0. The Labute approximate surface area is 145 Å². The van der Waals surface area contributed by atoms with Crippen LogP contribution < -0.4 is 0 Å². The van der Waals surface area contributed by atoms with Crippen LogP contribution >= 0.6 is 11.3 Å². The highest BCUT2D eigenvalue weighted by Crippen LogP contribution is 2.39. The summed E-state index contributed by atoms with van der Waals surface area (Å²) < 4.78 is 32.4. The van der Waals surface area contributed by atoms with Gasteiger partial charge >= 0.3 is 0 Å². The predicted octanol–water partition coefficient (Wildman–Crippen LogP) is 3.04. The Morgan fingerprint density at radius 3 is 2.71 bits per heavy atom. The Morgan fingerprint density at radius 1 is 1.25 bits per heavy atom. The minimum atomic E-state index is -3.30. The molecule has 2 aliphatic rings. The van der Waals surface area contributed by atoms with E-state index in [2.05, 4.69) is 10.1 Å². The largest absolute Gasteiger partial charge is 0.339 e. The summed E-state index contributed by atoms with van der Waals surface area (Å²) in [4.78, 5) is 4.46. The van der Waals surface area contributed by atoms with Crippen LogP contribution in [0.25, 0.3) is 0 Å². The molecule has 0 N–H and O–H groups in total. The molecular weight excluding hydrogens is 346 g/mol. The molecule has 0 radical (unpaired) electrons. The Bertz CT molecular complexity index is 773. The van der Waals surface area contributed by atoms with Crippen LogP contribution in [0.1, 0.15) is 49.7 Å². The summed E-state index contributed by atoms with van der Waals surface area (Å²) in [6.07, 6.45) is 5.95. The van der Waals surface area contributed by atoms with Gasteiger partial charge in [0.1, 0.15) is 4.21 Å². The monoisotopic (exact) mass is 367 g/mol. The van der Waals surface area contributed by atoms with Gasteiger partial charge in [0.05, 0.1) is 0 Å². The summed E-state index contributed by atoms with van der Waals surface area (Å²) in [5, 5.41) is 5.86. The lowest BCUT2D eigenvalue weighted by Crippen LogP contribution is -2.38. The third-order valence-electron chi connectivity index (χ3n) is 4.85. The van der Waals surface area contributed by atoms with Crippen molar-refractivity contribution in [1.82, 2.24) is 14.4 Å². The summed E-state index contributed by atoms with van der Waals surface area (Å²) in [6, 6.07) is 3.46. The first kappa shape index (κ1) is 16.2. The molecule has 0 amide bonds. The minimum absolute atomic E-state index is 0.445. The van der Waals surface area contributed by atoms with Gasteiger partial charge in [-0.05, 0) is 49.5 Å². The van der Waals surface area contributed by atoms with Crippen molar-refractivity contribution in [3.63, 3.8) is 0 Å². The highest BCUT2D eigenvalue weighted by atomic mass is 32.2. The Hall–Kier alpha value is -1.25. The summed E-state index contributed by atoms with van der Waals surface area (Å²) in [7, 11) is -3.30. The maximum Gasteiger partial charge on any atom is 0.252 e. The predicted molar refractivity (Wildman–Crippen MR) is 90.4 cm³/mol. The van der Waals surface area contributed by atoms with Crippen LogP contribution in [-0.2, 0) is 16.4 Å². The van der Waals surface area contributed by atoms with E-state index < -0.39 is 10.0 Å². The maximum atomic E-state index is 12.5. The molecule has 2 aromatic heterocycles. The number of nitrogens with zero attached hydrogens (tertiary/aromatic N) is 3. The van der Waals surface area contributed by atoms with Crippen LogP contribution in [0.4, 0.5) is 0 Å². The number of hydrogen-bond acceptors (Lipinski definition) is 6. The smallest absolute Gasteiger partial charge is 0.252 e. The molecule has 1 aliphatic heterocycles. The topological polar surface area (TPSA) is 76.3 Å². The van der Waals surface area contributed by atoms with Gasteiger partial charge < -0.3 is 4.52 Å². The van der Waals surface area contributed by atoms with E-state index in [1.165, 1.54) is 24.2 Å². The van der Waals surface area contributed by atoms with Crippen molar-refractivity contribution in [1.29, 1.82) is 0 Å². The van der Waals surface area contributed by atoms with Gasteiger partial charge in [-0.25, -0.2) is 8.42 Å². The van der Waals surface area contributed by atoms with Gasteiger partial charge in [-0.1, -0.05) is 11.2 Å². The fraction of sp³-hybridized carbons (Fsp3) is 0.625. The van der Waals surface area contributed by atoms with Crippen LogP contribution in [0.3, 0.4) is 0 Å². The number of piperidine rings is 1. The second-order valence-corrected chi connectivity index (χ2v) is 9.75. The van der Waals surface area contributed by atoms with E-state index in [0.29, 0.717) is 29.1 Å². The molecule has 130 valence electrons. The molecule has 1 saturated heterocycles. The molecule has 0 unspecified atom stereocenters. The fourth-order valence-corrected chi connectivity index (χ4v) is 5.79. The van der Waals surface area contributed by atoms with Crippen LogP contribution in [0.15, 0.2) is 26.2 Å². The van der Waals surface area contributed by atoms with E-state index in [0.717, 1.165) is 37.4 Å². The molecule has 24 heavy (non-hydrogen) atoms. The Morgan fingerprint density at radius 2 is 2.04 bits per heavy atom. The van der Waals surface area contributed by atoms with Crippen LogP contribution in [-0.4, -0.2) is 36.0 Å². The van der Waals surface area contributed by atoms with Crippen molar-refractivity contribution in [3.05, 3.63) is 29.2 Å². The van der Waals surface area contributed by atoms with Crippen LogP contribution in [0.2, 0.25) is 0 Å². The average molecular weight is 367 g/mol. The third kappa shape index (κ3) is 3.41. The van der Waals surface area contributed by atoms with Gasteiger partial charge in [-0.15, -0.1) is 11.3 Å². The quantitative estimate of drug-likeness (QED) is 0.784.